The van der Waals surface area contributed by atoms with Gasteiger partial charge >= 0.3 is 0 Å². The fraction of sp³-hybridized carbons (Fsp3) is 1.00. The zero-order chi connectivity index (χ0) is 12.7. The molecule has 0 aromatic carbocycles. The van der Waals surface area contributed by atoms with Crippen LogP contribution in [0.2, 0.25) is 0 Å². The normalized spacial score (nSPS) is 24.2. The number of hydrogen-bond donors (Lipinski definition) is 1. The molecule has 0 aromatic heterocycles. The molecule has 1 saturated heterocycles. The highest BCUT2D eigenvalue weighted by atomic mass is 15.2. The van der Waals surface area contributed by atoms with Crippen LogP contribution in [0.3, 0.4) is 0 Å². The van der Waals surface area contributed by atoms with E-state index in [9.17, 15) is 0 Å². The van der Waals surface area contributed by atoms with Crippen LogP contribution in [-0.2, 0) is 0 Å². The van der Waals surface area contributed by atoms with Crippen molar-refractivity contribution < 1.29 is 0 Å². The summed E-state index contributed by atoms with van der Waals surface area (Å²) in [5, 5.41) is 3.61. The van der Waals surface area contributed by atoms with Crippen LogP contribution in [0.4, 0.5) is 0 Å². The summed E-state index contributed by atoms with van der Waals surface area (Å²) in [6, 6.07) is 1.42. The number of nitrogens with zero attached hydrogens (tertiary/aromatic N) is 2. The van der Waals surface area contributed by atoms with Crippen LogP contribution in [0.5, 0.6) is 0 Å². The van der Waals surface area contributed by atoms with Gasteiger partial charge in [0.25, 0.3) is 0 Å². The van der Waals surface area contributed by atoms with Gasteiger partial charge in [0.15, 0.2) is 0 Å². The standard InChI is InChI=1S/C14H31N3/c1-5-8-13(15-6-2)11-17(4)14-9-7-10-16(3)12-14/h13-15H,5-12H2,1-4H3. The largest absolute Gasteiger partial charge is 0.313 e. The predicted molar refractivity (Wildman–Crippen MR) is 75.5 cm³/mol. The quantitative estimate of drug-likeness (QED) is 0.733. The van der Waals surface area contributed by atoms with Gasteiger partial charge in [-0.15, -0.1) is 0 Å². The summed E-state index contributed by atoms with van der Waals surface area (Å²) in [7, 11) is 4.54. The van der Waals surface area contributed by atoms with Crippen molar-refractivity contribution in [1.29, 1.82) is 0 Å². The van der Waals surface area contributed by atoms with Crippen molar-refractivity contribution in [2.24, 2.45) is 0 Å². The average molecular weight is 241 g/mol. The SMILES string of the molecule is CCCC(CN(C)C1CCCN(C)C1)NCC. The van der Waals surface area contributed by atoms with E-state index in [-0.39, 0.29) is 0 Å². The molecular weight excluding hydrogens is 210 g/mol. The highest BCUT2D eigenvalue weighted by Gasteiger charge is 2.22. The average Bonchev–Trinajstić information content (AvgIpc) is 2.29. The zero-order valence-electron chi connectivity index (χ0n) is 12.2. The van der Waals surface area contributed by atoms with Crippen molar-refractivity contribution >= 4 is 0 Å². The maximum absolute atomic E-state index is 3.61. The molecule has 0 spiro atoms. The summed E-state index contributed by atoms with van der Waals surface area (Å²) in [5.41, 5.74) is 0. The minimum atomic E-state index is 0.669. The van der Waals surface area contributed by atoms with E-state index in [0.717, 1.165) is 12.6 Å². The molecule has 102 valence electrons. The van der Waals surface area contributed by atoms with E-state index in [4.69, 9.17) is 0 Å². The number of rotatable bonds is 7. The molecule has 1 aliphatic heterocycles. The molecule has 1 N–H and O–H groups in total. The summed E-state index contributed by atoms with van der Waals surface area (Å²) >= 11 is 0. The summed E-state index contributed by atoms with van der Waals surface area (Å²) in [4.78, 5) is 5.03. The van der Waals surface area contributed by atoms with Crippen molar-refractivity contribution in [3.63, 3.8) is 0 Å². The molecular formula is C14H31N3. The van der Waals surface area contributed by atoms with Gasteiger partial charge in [-0.2, -0.15) is 0 Å². The number of piperidine rings is 1. The fourth-order valence-corrected chi connectivity index (χ4v) is 2.89. The minimum absolute atomic E-state index is 0.669. The molecule has 0 saturated carbocycles. The van der Waals surface area contributed by atoms with Gasteiger partial charge in [0.1, 0.15) is 0 Å². The molecule has 17 heavy (non-hydrogen) atoms. The lowest BCUT2D eigenvalue weighted by molar-refractivity contribution is 0.124. The molecule has 0 aliphatic carbocycles. The first-order chi connectivity index (χ1) is 8.17. The third kappa shape index (κ3) is 5.36. The van der Waals surface area contributed by atoms with E-state index >= 15 is 0 Å². The molecule has 3 heteroatoms. The molecule has 2 atom stereocenters. The lowest BCUT2D eigenvalue weighted by Crippen LogP contribution is -2.49. The molecule has 0 aromatic rings. The summed E-state index contributed by atoms with van der Waals surface area (Å²) in [5.74, 6) is 0. The van der Waals surface area contributed by atoms with Gasteiger partial charge in [-0.3, -0.25) is 0 Å². The lowest BCUT2D eigenvalue weighted by Gasteiger charge is -2.37. The first-order valence-electron chi connectivity index (χ1n) is 7.29. The molecule has 0 radical (unpaired) electrons. The first kappa shape index (κ1) is 14.9. The van der Waals surface area contributed by atoms with Gasteiger partial charge in [0.05, 0.1) is 0 Å². The van der Waals surface area contributed by atoms with Crippen molar-refractivity contribution in [1.82, 2.24) is 15.1 Å². The second-order valence-corrected chi connectivity index (χ2v) is 5.54. The molecule has 1 fully saturated rings. The van der Waals surface area contributed by atoms with E-state index < -0.39 is 0 Å². The Morgan fingerprint density at radius 2 is 2.18 bits per heavy atom. The van der Waals surface area contributed by atoms with Crippen molar-refractivity contribution in [2.45, 2.75) is 51.6 Å². The smallest absolute Gasteiger partial charge is 0.0221 e. The maximum atomic E-state index is 3.61. The molecule has 1 rings (SSSR count). The summed E-state index contributed by atoms with van der Waals surface area (Å²) in [6.45, 7) is 9.27. The van der Waals surface area contributed by atoms with Gasteiger partial charge in [-0.1, -0.05) is 20.3 Å². The molecule has 1 heterocycles. The van der Waals surface area contributed by atoms with Crippen LogP contribution in [0.25, 0.3) is 0 Å². The Bertz CT molecular complexity index is 190. The van der Waals surface area contributed by atoms with Crippen molar-refractivity contribution in [2.75, 3.05) is 40.3 Å². The number of nitrogens with one attached hydrogen (secondary N) is 1. The van der Waals surface area contributed by atoms with Gasteiger partial charge in [0, 0.05) is 25.2 Å². The third-order valence-electron chi connectivity index (χ3n) is 3.86. The molecule has 2 unspecified atom stereocenters. The number of likely N-dealkylation sites (tertiary alicyclic amines) is 1. The van der Waals surface area contributed by atoms with Gasteiger partial charge in [0.2, 0.25) is 0 Å². The van der Waals surface area contributed by atoms with Crippen LogP contribution in [0, 0.1) is 0 Å². The van der Waals surface area contributed by atoms with Crippen LogP contribution in [0.1, 0.15) is 39.5 Å². The first-order valence-corrected chi connectivity index (χ1v) is 7.29. The Morgan fingerprint density at radius 3 is 2.76 bits per heavy atom. The zero-order valence-corrected chi connectivity index (χ0v) is 12.2. The molecule has 1 aliphatic rings. The predicted octanol–water partition coefficient (Wildman–Crippen LogP) is 1.79. The Hall–Kier alpha value is -0.120. The fourth-order valence-electron chi connectivity index (χ4n) is 2.89. The van der Waals surface area contributed by atoms with E-state index in [1.54, 1.807) is 0 Å². The van der Waals surface area contributed by atoms with E-state index in [1.807, 2.05) is 0 Å². The number of likely N-dealkylation sites (N-methyl/N-ethyl adjacent to an activating group) is 3. The Morgan fingerprint density at radius 1 is 1.41 bits per heavy atom. The highest BCUT2D eigenvalue weighted by Crippen LogP contribution is 2.14. The lowest BCUT2D eigenvalue weighted by atomic mass is 10.0. The monoisotopic (exact) mass is 241 g/mol. The highest BCUT2D eigenvalue weighted by molar-refractivity contribution is 4.80. The van der Waals surface area contributed by atoms with Crippen LogP contribution in [0.15, 0.2) is 0 Å². The second kappa shape index (κ2) is 8.06. The topological polar surface area (TPSA) is 18.5 Å². The van der Waals surface area contributed by atoms with Gasteiger partial charge in [-0.05, 0) is 46.4 Å². The van der Waals surface area contributed by atoms with Gasteiger partial charge in [-0.25, -0.2) is 0 Å². The van der Waals surface area contributed by atoms with E-state index in [2.05, 4.69) is 43.1 Å². The maximum Gasteiger partial charge on any atom is 0.0221 e. The summed E-state index contributed by atoms with van der Waals surface area (Å²) < 4.78 is 0. The third-order valence-corrected chi connectivity index (χ3v) is 3.86. The van der Waals surface area contributed by atoms with Gasteiger partial charge < -0.3 is 15.1 Å². The second-order valence-electron chi connectivity index (χ2n) is 5.54. The van der Waals surface area contributed by atoms with Crippen molar-refractivity contribution in [3.05, 3.63) is 0 Å². The minimum Gasteiger partial charge on any atom is -0.313 e. The Kier molecular flexibility index (Phi) is 7.09. The van der Waals surface area contributed by atoms with E-state index in [1.165, 1.54) is 45.3 Å². The van der Waals surface area contributed by atoms with Crippen LogP contribution < -0.4 is 5.32 Å². The van der Waals surface area contributed by atoms with E-state index in [0.29, 0.717) is 6.04 Å². The molecule has 0 bridgehead atoms. The van der Waals surface area contributed by atoms with Crippen LogP contribution >= 0.6 is 0 Å². The molecule has 3 nitrogen and oxygen atoms in total. The molecule has 0 amide bonds. The van der Waals surface area contributed by atoms with Crippen LogP contribution in [-0.4, -0.2) is 62.2 Å². The number of hydrogen-bond acceptors (Lipinski definition) is 3. The summed E-state index contributed by atoms with van der Waals surface area (Å²) in [6.07, 6.45) is 5.29. The Balaban J connectivity index is 2.36. The van der Waals surface area contributed by atoms with Crippen molar-refractivity contribution in [3.8, 4) is 0 Å². The Labute approximate surface area is 108 Å².